The fourth-order valence-corrected chi connectivity index (χ4v) is 1.79. The monoisotopic (exact) mass is 236 g/mol. The average molecular weight is 236 g/mol. The molecule has 3 unspecified atom stereocenters. The first-order valence-electron chi connectivity index (χ1n) is 5.28. The maximum atomic E-state index is 9.68. The largest absolute Gasteiger partial charge is 0.394 e. The van der Waals surface area contributed by atoms with Crippen LogP contribution >= 0.6 is 0 Å². The number of aliphatic hydroxyl groups excluding tert-OH is 4. The lowest BCUT2D eigenvalue weighted by molar-refractivity contribution is -0.231. The number of ether oxygens (including phenoxy) is 1. The molecule has 6 atom stereocenters. The molecule has 0 spiro atoms. The van der Waals surface area contributed by atoms with Crippen molar-refractivity contribution in [2.24, 2.45) is 5.84 Å². The molecule has 0 amide bonds. The van der Waals surface area contributed by atoms with Gasteiger partial charge in [-0.25, -0.2) is 0 Å². The van der Waals surface area contributed by atoms with E-state index >= 15 is 0 Å². The summed E-state index contributed by atoms with van der Waals surface area (Å²) in [7, 11) is 0. The van der Waals surface area contributed by atoms with Gasteiger partial charge in [0.1, 0.15) is 24.4 Å². The molecule has 1 rings (SSSR count). The van der Waals surface area contributed by atoms with E-state index in [0.717, 1.165) is 0 Å². The Bertz CT molecular complexity index is 216. The number of hydrogen-bond acceptors (Lipinski definition) is 7. The van der Waals surface area contributed by atoms with Gasteiger partial charge in [-0.05, 0) is 13.3 Å². The Labute approximate surface area is 93.8 Å². The van der Waals surface area contributed by atoms with Crippen LogP contribution in [0.1, 0.15) is 13.3 Å². The molecule has 16 heavy (non-hydrogen) atoms. The molecule has 0 aliphatic carbocycles. The van der Waals surface area contributed by atoms with Crippen molar-refractivity contribution in [3.05, 3.63) is 0 Å². The van der Waals surface area contributed by atoms with Crippen molar-refractivity contribution in [1.82, 2.24) is 5.43 Å². The number of rotatable bonds is 4. The molecule has 0 aromatic rings. The van der Waals surface area contributed by atoms with E-state index in [0.29, 0.717) is 6.42 Å². The molecule has 0 aromatic heterocycles. The van der Waals surface area contributed by atoms with E-state index < -0.39 is 37.1 Å². The molecule has 0 saturated carbocycles. The van der Waals surface area contributed by atoms with E-state index in [1.807, 2.05) is 0 Å². The summed E-state index contributed by atoms with van der Waals surface area (Å²) in [6, 6.07) is -0.110. The maximum absolute atomic E-state index is 9.68. The van der Waals surface area contributed by atoms with Gasteiger partial charge in [-0.1, -0.05) is 0 Å². The number of nitrogens with one attached hydrogen (secondary N) is 1. The molecule has 0 aromatic carbocycles. The van der Waals surface area contributed by atoms with Crippen LogP contribution in [0.2, 0.25) is 0 Å². The van der Waals surface area contributed by atoms with Crippen LogP contribution in [-0.2, 0) is 4.74 Å². The average Bonchev–Trinajstić information content (AvgIpc) is 2.29. The van der Waals surface area contributed by atoms with Gasteiger partial charge in [0.05, 0.1) is 12.7 Å². The van der Waals surface area contributed by atoms with Gasteiger partial charge in [-0.2, -0.15) is 0 Å². The molecule has 7 N–H and O–H groups in total. The molecule has 0 bridgehead atoms. The van der Waals surface area contributed by atoms with E-state index in [2.05, 4.69) is 5.43 Å². The van der Waals surface area contributed by atoms with E-state index in [4.69, 9.17) is 15.7 Å². The first-order chi connectivity index (χ1) is 7.51. The van der Waals surface area contributed by atoms with Crippen LogP contribution in [0.15, 0.2) is 0 Å². The molecule has 1 saturated heterocycles. The highest BCUT2D eigenvalue weighted by Crippen LogP contribution is 2.23. The lowest BCUT2D eigenvalue weighted by Gasteiger charge is -2.40. The molecule has 96 valence electrons. The summed E-state index contributed by atoms with van der Waals surface area (Å²) < 4.78 is 5.30. The lowest BCUT2D eigenvalue weighted by atomic mass is 9.92. The fraction of sp³-hybridized carbons (Fsp3) is 1.00. The lowest BCUT2D eigenvalue weighted by Crippen LogP contribution is -2.59. The summed E-state index contributed by atoms with van der Waals surface area (Å²) in [6.07, 6.45) is -4.96. The summed E-state index contributed by atoms with van der Waals surface area (Å²) in [5.41, 5.74) is 2.49. The van der Waals surface area contributed by atoms with Crippen LogP contribution in [0.3, 0.4) is 0 Å². The highest BCUT2D eigenvalue weighted by atomic mass is 16.5. The predicted octanol–water partition coefficient (Wildman–Crippen LogP) is -2.93. The van der Waals surface area contributed by atoms with E-state index in [1.165, 1.54) is 0 Å². The Kier molecular flexibility index (Phi) is 5.06. The summed E-state index contributed by atoms with van der Waals surface area (Å²) in [4.78, 5) is 0. The highest BCUT2D eigenvalue weighted by molar-refractivity contribution is 4.92. The SMILES string of the molecule is CC(C[C@@H]1OC(CO)[C@@H](O)[C@H](O)C1O)NN. The standard InChI is InChI=1S/C9H20N2O5/c1-4(11-10)2-5-7(13)9(15)8(14)6(3-12)16-5/h4-9,11-15H,2-3,10H2,1H3/t4?,5-,6?,7?,8+,9+/m0/s1. The van der Waals surface area contributed by atoms with Crippen molar-refractivity contribution in [1.29, 1.82) is 0 Å². The minimum atomic E-state index is -1.32. The van der Waals surface area contributed by atoms with Gasteiger partial charge in [0.15, 0.2) is 0 Å². The minimum absolute atomic E-state index is 0.110. The Hall–Kier alpha value is -0.280. The van der Waals surface area contributed by atoms with Crippen molar-refractivity contribution in [3.8, 4) is 0 Å². The smallest absolute Gasteiger partial charge is 0.111 e. The zero-order valence-corrected chi connectivity index (χ0v) is 9.15. The first kappa shape index (κ1) is 13.8. The third kappa shape index (κ3) is 2.89. The van der Waals surface area contributed by atoms with Gasteiger partial charge in [-0.3, -0.25) is 11.3 Å². The maximum Gasteiger partial charge on any atom is 0.111 e. The van der Waals surface area contributed by atoms with Crippen LogP contribution in [0, 0.1) is 0 Å². The summed E-state index contributed by atoms with van der Waals surface area (Å²) in [6.45, 7) is 1.38. The van der Waals surface area contributed by atoms with Crippen molar-refractivity contribution < 1.29 is 25.2 Å². The molecule has 0 radical (unpaired) electrons. The Morgan fingerprint density at radius 1 is 1.19 bits per heavy atom. The predicted molar refractivity (Wildman–Crippen MR) is 55.2 cm³/mol. The molecule has 7 nitrogen and oxygen atoms in total. The third-order valence-electron chi connectivity index (χ3n) is 2.86. The second-order valence-corrected chi connectivity index (χ2v) is 4.17. The second kappa shape index (κ2) is 5.87. The van der Waals surface area contributed by atoms with Crippen molar-refractivity contribution in [2.75, 3.05) is 6.61 Å². The zero-order valence-electron chi connectivity index (χ0n) is 9.15. The molecule has 1 heterocycles. The number of hydrogen-bond donors (Lipinski definition) is 6. The molecule has 1 aliphatic heterocycles. The molecular weight excluding hydrogens is 216 g/mol. The molecule has 7 heteroatoms. The number of nitrogens with two attached hydrogens (primary N) is 1. The summed E-state index contributed by atoms with van der Waals surface area (Å²) >= 11 is 0. The number of aliphatic hydroxyl groups is 4. The van der Waals surface area contributed by atoms with E-state index in [1.54, 1.807) is 6.92 Å². The third-order valence-corrected chi connectivity index (χ3v) is 2.86. The van der Waals surface area contributed by atoms with Gasteiger partial charge in [0.25, 0.3) is 0 Å². The fourth-order valence-electron chi connectivity index (χ4n) is 1.79. The normalized spacial score (nSPS) is 42.0. The molecular formula is C9H20N2O5. The van der Waals surface area contributed by atoms with Crippen LogP contribution in [0.4, 0.5) is 0 Å². The van der Waals surface area contributed by atoms with Crippen LogP contribution < -0.4 is 11.3 Å². The molecule has 1 aliphatic rings. The van der Waals surface area contributed by atoms with Gasteiger partial charge >= 0.3 is 0 Å². The quantitative estimate of drug-likeness (QED) is 0.228. The van der Waals surface area contributed by atoms with Gasteiger partial charge in [-0.15, -0.1) is 0 Å². The number of hydrazine groups is 1. The highest BCUT2D eigenvalue weighted by Gasteiger charge is 2.43. The van der Waals surface area contributed by atoms with Crippen LogP contribution in [-0.4, -0.2) is 63.6 Å². The van der Waals surface area contributed by atoms with Gasteiger partial charge < -0.3 is 25.2 Å². The van der Waals surface area contributed by atoms with E-state index in [-0.39, 0.29) is 6.04 Å². The van der Waals surface area contributed by atoms with Crippen molar-refractivity contribution >= 4 is 0 Å². The minimum Gasteiger partial charge on any atom is -0.394 e. The Morgan fingerprint density at radius 2 is 1.75 bits per heavy atom. The second-order valence-electron chi connectivity index (χ2n) is 4.17. The van der Waals surface area contributed by atoms with Crippen LogP contribution in [0.5, 0.6) is 0 Å². The Morgan fingerprint density at radius 3 is 2.25 bits per heavy atom. The zero-order chi connectivity index (χ0) is 12.3. The van der Waals surface area contributed by atoms with Crippen LogP contribution in [0.25, 0.3) is 0 Å². The van der Waals surface area contributed by atoms with Crippen molar-refractivity contribution in [2.45, 2.75) is 49.9 Å². The summed E-state index contributed by atoms with van der Waals surface area (Å²) in [5, 5.41) is 37.7. The van der Waals surface area contributed by atoms with Gasteiger partial charge in [0, 0.05) is 6.04 Å². The van der Waals surface area contributed by atoms with Crippen molar-refractivity contribution in [3.63, 3.8) is 0 Å². The Balaban J connectivity index is 2.63. The topological polar surface area (TPSA) is 128 Å². The van der Waals surface area contributed by atoms with Gasteiger partial charge in [0.2, 0.25) is 0 Å². The van der Waals surface area contributed by atoms with E-state index in [9.17, 15) is 15.3 Å². The molecule has 1 fully saturated rings. The summed E-state index contributed by atoms with van der Waals surface area (Å²) in [5.74, 6) is 5.22. The first-order valence-corrected chi connectivity index (χ1v) is 5.28.